The zero-order valence-electron chi connectivity index (χ0n) is 59.0. The number of ether oxygens (including phenoxy) is 4. The van der Waals surface area contributed by atoms with Crippen molar-refractivity contribution in [2.45, 2.75) is 360 Å². The smallest absolute Gasteiger partial charge is 0.306 e. The van der Waals surface area contributed by atoms with E-state index in [0.717, 1.165) is 89.9 Å². The molecule has 0 bridgehead atoms. The zero-order valence-corrected chi connectivity index (χ0v) is 59.0. The highest BCUT2D eigenvalue weighted by atomic mass is 16.7. The molecule has 0 aliphatic carbocycles. The Morgan fingerprint density at radius 3 is 0.955 bits per heavy atom. The zero-order chi connectivity index (χ0) is 64.7. The van der Waals surface area contributed by atoms with Crippen LogP contribution in [0.5, 0.6) is 0 Å². The van der Waals surface area contributed by atoms with E-state index in [-0.39, 0.29) is 32.2 Å². The first kappa shape index (κ1) is 85.5. The summed E-state index contributed by atoms with van der Waals surface area (Å²) in [6, 6.07) is 0. The van der Waals surface area contributed by atoms with Gasteiger partial charge in [-0.05, 0) is 70.6 Å². The number of carboxylic acid groups (broad SMARTS) is 1. The first-order valence-electron chi connectivity index (χ1n) is 37.7. The molecule has 0 aromatic rings. The number of allylic oxidation sites excluding steroid dienone is 14. The molecule has 0 heterocycles. The van der Waals surface area contributed by atoms with Crippen LogP contribution in [-0.4, -0.2) is 82.3 Å². The number of rotatable bonds is 70. The van der Waals surface area contributed by atoms with Crippen LogP contribution >= 0.6 is 0 Å². The topological polar surface area (TPSA) is 111 Å². The maximum atomic E-state index is 13.0. The third-order valence-corrected chi connectivity index (χ3v) is 16.7. The molecule has 0 amide bonds. The lowest BCUT2D eigenvalue weighted by molar-refractivity contribution is -0.870. The highest BCUT2D eigenvalue weighted by Crippen LogP contribution is 2.19. The molecule has 0 aliphatic rings. The lowest BCUT2D eigenvalue weighted by Crippen LogP contribution is -2.44. The summed E-state index contributed by atoms with van der Waals surface area (Å²) in [5, 5.41) is 11.8. The molecule has 0 radical (unpaired) electrons. The molecule has 516 valence electrons. The number of likely N-dealkylation sites (N-methyl/N-ethyl adjacent to an activating group) is 1. The average molecular weight is 1250 g/mol. The summed E-state index contributed by atoms with van der Waals surface area (Å²) >= 11 is 0. The van der Waals surface area contributed by atoms with Crippen molar-refractivity contribution in [1.29, 1.82) is 0 Å². The van der Waals surface area contributed by atoms with Crippen LogP contribution in [0, 0.1) is 0 Å². The summed E-state index contributed by atoms with van der Waals surface area (Å²) in [5.41, 5.74) is 0. The van der Waals surface area contributed by atoms with Crippen molar-refractivity contribution in [2.75, 3.05) is 47.5 Å². The Bertz CT molecular complexity index is 1740. The lowest BCUT2D eigenvalue weighted by atomic mass is 10.0. The number of carbonyl (C=O) groups is 3. The summed E-state index contributed by atoms with van der Waals surface area (Å²) in [6.45, 7) is 4.68. The van der Waals surface area contributed by atoms with Crippen LogP contribution in [0.25, 0.3) is 0 Å². The first-order chi connectivity index (χ1) is 43.6. The minimum absolute atomic E-state index is 0.146. The Morgan fingerprint density at radius 2 is 0.640 bits per heavy atom. The van der Waals surface area contributed by atoms with E-state index in [4.69, 9.17) is 18.9 Å². The Labute approximate surface area is 550 Å². The van der Waals surface area contributed by atoms with Gasteiger partial charge in [-0.2, -0.15) is 0 Å². The van der Waals surface area contributed by atoms with Gasteiger partial charge in [-0.15, -0.1) is 0 Å². The summed E-state index contributed by atoms with van der Waals surface area (Å²) in [7, 11) is 5.94. The molecule has 0 spiro atoms. The van der Waals surface area contributed by atoms with E-state index in [1.54, 1.807) is 0 Å². The van der Waals surface area contributed by atoms with Gasteiger partial charge >= 0.3 is 11.9 Å². The third kappa shape index (κ3) is 71.8. The standard InChI is InChI=1S/C80H143NO8/c1-6-8-10-12-14-16-18-20-22-24-26-28-30-32-34-36-38-39-41-43-45-47-49-51-53-55-57-59-61-63-65-67-69-71-78(83)89-76(75-88-80(79(84)85)86-73-72-81(3,4)5)74-87-77(82)70-68-66-64-62-60-58-56-54-52-50-48-46-44-42-40-37-35-33-31-29-27-25-23-21-19-17-15-13-11-9-7-2/h8,10,14,16,20,22,26,28,32,34,38-39,43,45,76,80H,6-7,9,11-13,15,17-19,21,23-25,27,29-31,33,35-37,40-42,44,46-75H2,1-5H3/b10-8-,16-14-,22-20-,28-26-,34-32-,39-38-,45-43-. The number of esters is 2. The molecule has 0 N–H and O–H groups in total. The number of carbonyl (C=O) groups excluding carboxylic acids is 3. The molecule has 0 saturated carbocycles. The summed E-state index contributed by atoms with van der Waals surface area (Å²) < 4.78 is 22.8. The number of nitrogens with zero attached hydrogens (tertiary/aromatic N) is 1. The van der Waals surface area contributed by atoms with Gasteiger partial charge < -0.3 is 33.3 Å². The van der Waals surface area contributed by atoms with Gasteiger partial charge in [0.1, 0.15) is 13.2 Å². The average Bonchev–Trinajstić information content (AvgIpc) is 3.64. The summed E-state index contributed by atoms with van der Waals surface area (Å²) in [6.07, 6.45) is 92.6. The third-order valence-electron chi connectivity index (χ3n) is 16.7. The van der Waals surface area contributed by atoms with Crippen LogP contribution in [-0.2, 0) is 33.3 Å². The number of quaternary nitrogens is 1. The van der Waals surface area contributed by atoms with Gasteiger partial charge in [0.2, 0.25) is 0 Å². The van der Waals surface area contributed by atoms with Crippen molar-refractivity contribution in [2.24, 2.45) is 0 Å². The van der Waals surface area contributed by atoms with E-state index in [1.807, 2.05) is 21.1 Å². The molecule has 2 atom stereocenters. The van der Waals surface area contributed by atoms with Gasteiger partial charge in [0, 0.05) is 12.8 Å². The Balaban J connectivity index is 4.07. The molecule has 0 saturated heterocycles. The normalized spacial score (nSPS) is 13.1. The fourth-order valence-corrected chi connectivity index (χ4v) is 10.9. The van der Waals surface area contributed by atoms with Gasteiger partial charge in [0.15, 0.2) is 12.4 Å². The molecular weight excluding hydrogens is 1100 g/mol. The van der Waals surface area contributed by atoms with Gasteiger partial charge in [0.25, 0.3) is 0 Å². The summed E-state index contributed by atoms with van der Waals surface area (Å²) in [4.78, 5) is 37.6. The van der Waals surface area contributed by atoms with Crippen molar-refractivity contribution >= 4 is 17.9 Å². The minimum Gasteiger partial charge on any atom is -0.545 e. The molecule has 9 heteroatoms. The second-order valence-electron chi connectivity index (χ2n) is 26.6. The fourth-order valence-electron chi connectivity index (χ4n) is 10.9. The number of carboxylic acids is 1. The van der Waals surface area contributed by atoms with Crippen LogP contribution in [0.3, 0.4) is 0 Å². The Morgan fingerprint density at radius 1 is 0.348 bits per heavy atom. The second kappa shape index (κ2) is 70.3. The highest BCUT2D eigenvalue weighted by molar-refractivity contribution is 5.70. The van der Waals surface area contributed by atoms with E-state index in [1.165, 1.54) is 225 Å². The molecule has 89 heavy (non-hydrogen) atoms. The Hall–Kier alpha value is -3.53. The van der Waals surface area contributed by atoms with Crippen molar-refractivity contribution in [3.05, 3.63) is 85.1 Å². The van der Waals surface area contributed by atoms with Gasteiger partial charge in [0.05, 0.1) is 40.3 Å². The molecule has 2 unspecified atom stereocenters. The van der Waals surface area contributed by atoms with Crippen molar-refractivity contribution in [3.63, 3.8) is 0 Å². The number of unbranched alkanes of at least 4 members (excludes halogenated alkanes) is 41. The maximum Gasteiger partial charge on any atom is 0.306 e. The van der Waals surface area contributed by atoms with Crippen LogP contribution in [0.2, 0.25) is 0 Å². The van der Waals surface area contributed by atoms with E-state index in [0.29, 0.717) is 23.9 Å². The van der Waals surface area contributed by atoms with Crippen LogP contribution in [0.1, 0.15) is 348 Å². The second-order valence-corrected chi connectivity index (χ2v) is 26.6. The van der Waals surface area contributed by atoms with E-state index in [2.05, 4.69) is 98.9 Å². The van der Waals surface area contributed by atoms with Gasteiger partial charge in [-0.25, -0.2) is 0 Å². The fraction of sp³-hybridized carbons (Fsp3) is 0.787. The quantitative estimate of drug-likeness (QED) is 0.0195. The maximum absolute atomic E-state index is 13.0. The highest BCUT2D eigenvalue weighted by Gasteiger charge is 2.22. The molecule has 0 aromatic heterocycles. The molecule has 0 aromatic carbocycles. The molecular formula is C80H143NO8. The number of hydrogen-bond donors (Lipinski definition) is 0. The van der Waals surface area contributed by atoms with Crippen molar-refractivity contribution in [3.8, 4) is 0 Å². The van der Waals surface area contributed by atoms with E-state index < -0.39 is 24.3 Å². The summed E-state index contributed by atoms with van der Waals surface area (Å²) in [5.74, 6) is -2.27. The minimum atomic E-state index is -1.63. The number of aliphatic carboxylic acids is 1. The Kier molecular flexibility index (Phi) is 67.6. The van der Waals surface area contributed by atoms with Gasteiger partial charge in [-0.1, -0.05) is 349 Å². The number of hydrogen-bond acceptors (Lipinski definition) is 8. The molecule has 0 fully saturated rings. The van der Waals surface area contributed by atoms with E-state index >= 15 is 0 Å². The molecule has 0 rings (SSSR count). The van der Waals surface area contributed by atoms with Crippen molar-refractivity contribution in [1.82, 2.24) is 0 Å². The van der Waals surface area contributed by atoms with Crippen LogP contribution in [0.15, 0.2) is 85.1 Å². The lowest BCUT2D eigenvalue weighted by Gasteiger charge is -2.26. The monoisotopic (exact) mass is 1250 g/mol. The van der Waals surface area contributed by atoms with Crippen LogP contribution < -0.4 is 5.11 Å². The largest absolute Gasteiger partial charge is 0.545 e. The SMILES string of the molecule is CC/C=C\C/C=C\C/C=C\C/C=C\C/C=C\C/C=C\C/C=C\CCCCCCCCCCCCCC(=O)OC(COC(=O)CCCCCCCCCCCCCCCCCCCCCCCCCCCCCCCCC)COC(OCC[N+](C)(C)C)C(=O)[O-]. The predicted octanol–water partition coefficient (Wildman–Crippen LogP) is 22.5. The van der Waals surface area contributed by atoms with Crippen LogP contribution in [0.4, 0.5) is 0 Å². The molecule has 9 nitrogen and oxygen atoms in total. The predicted molar refractivity (Wildman–Crippen MR) is 380 cm³/mol. The van der Waals surface area contributed by atoms with Gasteiger partial charge in [-0.3, -0.25) is 9.59 Å². The first-order valence-corrected chi connectivity index (χ1v) is 37.7. The molecule has 0 aliphatic heterocycles. The van der Waals surface area contributed by atoms with E-state index in [9.17, 15) is 19.5 Å². The van der Waals surface area contributed by atoms with Crippen molar-refractivity contribution < 1.29 is 42.9 Å².